The Balaban J connectivity index is 3.72. The molecule has 0 bridgehead atoms. The molecule has 0 saturated heterocycles. The molecule has 0 aromatic carbocycles. The number of allylic oxidation sites excluding steroid dienone is 2. The summed E-state index contributed by atoms with van der Waals surface area (Å²) in [5.74, 6) is -0.425. The van der Waals surface area contributed by atoms with E-state index in [0.29, 0.717) is 0 Å². The third kappa shape index (κ3) is 13.8. The van der Waals surface area contributed by atoms with Crippen molar-refractivity contribution in [1.82, 2.24) is 0 Å². The number of carbonyl (C=O) groups is 2. The summed E-state index contributed by atoms with van der Waals surface area (Å²) in [6, 6.07) is 0. The summed E-state index contributed by atoms with van der Waals surface area (Å²) in [6.07, 6.45) is 16.6. The lowest BCUT2D eigenvalue weighted by molar-refractivity contribution is -0.137. The smallest absolute Gasteiger partial charge is 0.303 e. The van der Waals surface area contributed by atoms with E-state index in [1.54, 1.807) is 6.92 Å². The quantitative estimate of drug-likeness (QED) is 0.319. The molecule has 3 heteroatoms. The highest BCUT2D eigenvalue weighted by Crippen LogP contribution is 2.15. The molecule has 1 unspecified atom stereocenters. The van der Waals surface area contributed by atoms with E-state index < -0.39 is 5.97 Å². The third-order valence-electron chi connectivity index (χ3n) is 4.02. The van der Waals surface area contributed by atoms with Gasteiger partial charge in [-0.15, -0.1) is 0 Å². The third-order valence-corrected chi connectivity index (χ3v) is 4.02. The standard InChI is InChI=1S/C19H34O3/c1-3-4-5-6-7-8-11-14-18(17(2)20)15-12-9-10-13-16-19(21)22/h11,14,18H,3-10,12-13,15-16H2,1-2H3,(H,21,22)/b14-11+. The fraction of sp³-hybridized carbons (Fsp3) is 0.789. The zero-order valence-electron chi connectivity index (χ0n) is 14.5. The van der Waals surface area contributed by atoms with Crippen molar-refractivity contribution >= 4 is 11.8 Å². The predicted octanol–water partition coefficient (Wildman–Crippen LogP) is 5.53. The zero-order valence-corrected chi connectivity index (χ0v) is 14.5. The van der Waals surface area contributed by atoms with Crippen molar-refractivity contribution < 1.29 is 14.7 Å². The maximum Gasteiger partial charge on any atom is 0.303 e. The first-order valence-electron chi connectivity index (χ1n) is 8.96. The fourth-order valence-electron chi connectivity index (χ4n) is 2.56. The molecule has 0 spiro atoms. The van der Waals surface area contributed by atoms with Crippen LogP contribution in [0.5, 0.6) is 0 Å². The van der Waals surface area contributed by atoms with Crippen molar-refractivity contribution in [3.63, 3.8) is 0 Å². The van der Waals surface area contributed by atoms with Gasteiger partial charge in [0.1, 0.15) is 5.78 Å². The molecule has 22 heavy (non-hydrogen) atoms. The van der Waals surface area contributed by atoms with Crippen LogP contribution in [0.1, 0.15) is 90.9 Å². The Kier molecular flexibility index (Phi) is 14.0. The van der Waals surface area contributed by atoms with Gasteiger partial charge in [-0.1, -0.05) is 64.0 Å². The number of hydrogen-bond donors (Lipinski definition) is 1. The van der Waals surface area contributed by atoms with Gasteiger partial charge in [-0.2, -0.15) is 0 Å². The molecule has 0 aliphatic carbocycles. The first kappa shape index (κ1) is 20.9. The Morgan fingerprint density at radius 2 is 1.59 bits per heavy atom. The summed E-state index contributed by atoms with van der Waals surface area (Å²) in [5, 5.41) is 8.57. The number of hydrogen-bond acceptors (Lipinski definition) is 2. The number of carboxylic acid groups (broad SMARTS) is 1. The number of ketones is 1. The number of Topliss-reactive ketones (excluding diaryl/α,β-unsaturated/α-hetero) is 1. The molecule has 0 aromatic heterocycles. The summed E-state index contributed by atoms with van der Waals surface area (Å²) in [5.41, 5.74) is 0. The molecule has 0 amide bonds. The Morgan fingerprint density at radius 1 is 0.955 bits per heavy atom. The van der Waals surface area contributed by atoms with E-state index in [9.17, 15) is 9.59 Å². The van der Waals surface area contributed by atoms with Crippen LogP contribution >= 0.6 is 0 Å². The van der Waals surface area contributed by atoms with Gasteiger partial charge in [0.05, 0.1) is 0 Å². The maximum atomic E-state index is 11.6. The topological polar surface area (TPSA) is 54.4 Å². The minimum Gasteiger partial charge on any atom is -0.481 e. The number of aliphatic carboxylic acids is 1. The zero-order chi connectivity index (χ0) is 16.6. The van der Waals surface area contributed by atoms with Crippen molar-refractivity contribution in [2.24, 2.45) is 5.92 Å². The van der Waals surface area contributed by atoms with Gasteiger partial charge in [-0.25, -0.2) is 0 Å². The second-order valence-electron chi connectivity index (χ2n) is 6.19. The molecule has 0 aromatic rings. The summed E-state index contributed by atoms with van der Waals surface area (Å²) < 4.78 is 0. The molecule has 0 aliphatic heterocycles. The van der Waals surface area contributed by atoms with Crippen LogP contribution in [-0.2, 0) is 9.59 Å². The lowest BCUT2D eigenvalue weighted by atomic mass is 9.96. The molecule has 1 N–H and O–H groups in total. The van der Waals surface area contributed by atoms with E-state index in [2.05, 4.69) is 19.1 Å². The summed E-state index contributed by atoms with van der Waals surface area (Å²) in [6.45, 7) is 3.89. The van der Waals surface area contributed by atoms with Crippen LogP contribution in [0, 0.1) is 5.92 Å². The largest absolute Gasteiger partial charge is 0.481 e. The molecular weight excluding hydrogens is 276 g/mol. The van der Waals surface area contributed by atoms with Crippen LogP contribution in [-0.4, -0.2) is 16.9 Å². The van der Waals surface area contributed by atoms with E-state index in [-0.39, 0.29) is 18.1 Å². The van der Waals surface area contributed by atoms with Gasteiger partial charge in [-0.05, 0) is 32.6 Å². The Bertz CT molecular complexity index is 321. The number of unbranched alkanes of at least 4 members (excludes halogenated alkanes) is 8. The van der Waals surface area contributed by atoms with Crippen molar-refractivity contribution in [1.29, 1.82) is 0 Å². The summed E-state index contributed by atoms with van der Waals surface area (Å²) >= 11 is 0. The highest BCUT2D eigenvalue weighted by atomic mass is 16.4. The molecule has 0 saturated carbocycles. The summed E-state index contributed by atoms with van der Waals surface area (Å²) in [4.78, 5) is 22.0. The number of carbonyl (C=O) groups excluding carboxylic acids is 1. The van der Waals surface area contributed by atoms with E-state index >= 15 is 0 Å². The van der Waals surface area contributed by atoms with Crippen molar-refractivity contribution in [2.45, 2.75) is 90.9 Å². The minimum atomic E-state index is -0.719. The first-order chi connectivity index (χ1) is 10.6. The van der Waals surface area contributed by atoms with Crippen LogP contribution < -0.4 is 0 Å². The molecule has 0 radical (unpaired) electrons. The van der Waals surface area contributed by atoms with E-state index in [0.717, 1.165) is 38.5 Å². The molecular formula is C19H34O3. The van der Waals surface area contributed by atoms with Gasteiger partial charge in [0.15, 0.2) is 0 Å². The van der Waals surface area contributed by atoms with Gasteiger partial charge in [0.2, 0.25) is 0 Å². The lowest BCUT2D eigenvalue weighted by Crippen LogP contribution is -2.07. The maximum absolute atomic E-state index is 11.6. The molecule has 128 valence electrons. The second kappa shape index (κ2) is 14.8. The monoisotopic (exact) mass is 310 g/mol. The SMILES string of the molecule is CCCCCCC/C=C/C(CCCCCCC(=O)O)C(C)=O. The molecule has 0 rings (SSSR count). The Hall–Kier alpha value is -1.12. The van der Waals surface area contributed by atoms with Crippen molar-refractivity contribution in [2.75, 3.05) is 0 Å². The van der Waals surface area contributed by atoms with Crippen LogP contribution in [0.15, 0.2) is 12.2 Å². The van der Waals surface area contributed by atoms with E-state index in [4.69, 9.17) is 5.11 Å². The average Bonchev–Trinajstić information content (AvgIpc) is 2.46. The van der Waals surface area contributed by atoms with Gasteiger partial charge in [0, 0.05) is 12.3 Å². The van der Waals surface area contributed by atoms with E-state index in [1.165, 1.54) is 32.1 Å². The second-order valence-corrected chi connectivity index (χ2v) is 6.19. The highest BCUT2D eigenvalue weighted by Gasteiger charge is 2.09. The van der Waals surface area contributed by atoms with Gasteiger partial charge in [0.25, 0.3) is 0 Å². The van der Waals surface area contributed by atoms with Gasteiger partial charge in [-0.3, -0.25) is 9.59 Å². The van der Waals surface area contributed by atoms with Crippen LogP contribution in [0.3, 0.4) is 0 Å². The van der Waals surface area contributed by atoms with Crippen LogP contribution in [0.4, 0.5) is 0 Å². The van der Waals surface area contributed by atoms with Crippen LogP contribution in [0.2, 0.25) is 0 Å². The Labute approximate surface area is 136 Å². The number of rotatable bonds is 15. The fourth-order valence-corrected chi connectivity index (χ4v) is 2.56. The molecule has 1 atom stereocenters. The van der Waals surface area contributed by atoms with Gasteiger partial charge >= 0.3 is 5.97 Å². The van der Waals surface area contributed by atoms with Crippen LogP contribution in [0.25, 0.3) is 0 Å². The van der Waals surface area contributed by atoms with Gasteiger partial charge < -0.3 is 5.11 Å². The summed E-state index contributed by atoms with van der Waals surface area (Å²) in [7, 11) is 0. The normalized spacial score (nSPS) is 12.6. The molecule has 0 aliphatic rings. The first-order valence-corrected chi connectivity index (χ1v) is 8.96. The van der Waals surface area contributed by atoms with E-state index in [1.807, 2.05) is 0 Å². The Morgan fingerprint density at radius 3 is 2.23 bits per heavy atom. The molecule has 3 nitrogen and oxygen atoms in total. The van der Waals surface area contributed by atoms with Crippen molar-refractivity contribution in [3.8, 4) is 0 Å². The average molecular weight is 310 g/mol. The lowest BCUT2D eigenvalue weighted by Gasteiger charge is -2.08. The highest BCUT2D eigenvalue weighted by molar-refractivity contribution is 5.79. The van der Waals surface area contributed by atoms with Crippen molar-refractivity contribution in [3.05, 3.63) is 12.2 Å². The predicted molar refractivity (Wildman–Crippen MR) is 92.0 cm³/mol. The minimum absolute atomic E-state index is 0.0510. The number of carboxylic acids is 1. The molecule has 0 fully saturated rings. The molecule has 0 heterocycles.